The minimum absolute atomic E-state index is 0.403. The van der Waals surface area contributed by atoms with Gasteiger partial charge in [-0.15, -0.1) is 0 Å². The number of oxime groups is 1. The van der Waals surface area contributed by atoms with Crippen LogP contribution in [0, 0.1) is 0 Å². The van der Waals surface area contributed by atoms with Crippen LogP contribution in [0.25, 0.3) is 16.9 Å². The molecule has 0 aliphatic heterocycles. The highest BCUT2D eigenvalue weighted by atomic mass is 35.5. The van der Waals surface area contributed by atoms with Crippen LogP contribution in [0.1, 0.15) is 11.3 Å². The van der Waals surface area contributed by atoms with Crippen LogP contribution in [-0.2, 0) is 11.4 Å². The first-order valence-corrected chi connectivity index (χ1v) is 9.48. The van der Waals surface area contributed by atoms with E-state index in [2.05, 4.69) is 10.3 Å². The Bertz CT molecular complexity index is 1040. The Kier molecular flexibility index (Phi) is 5.59. The van der Waals surface area contributed by atoms with Crippen LogP contribution in [0.15, 0.2) is 90.1 Å². The first-order valence-electron chi connectivity index (χ1n) is 9.10. The Morgan fingerprint density at radius 3 is 2.41 bits per heavy atom. The summed E-state index contributed by atoms with van der Waals surface area (Å²) in [6.45, 7) is 0.403. The van der Waals surface area contributed by atoms with Gasteiger partial charge in [0, 0.05) is 16.3 Å². The van der Waals surface area contributed by atoms with E-state index in [0.29, 0.717) is 23.0 Å². The van der Waals surface area contributed by atoms with Crippen LogP contribution >= 0.6 is 11.6 Å². The molecule has 4 rings (SSSR count). The topological polar surface area (TPSA) is 65.4 Å². The van der Waals surface area contributed by atoms with Crippen molar-refractivity contribution in [3.8, 4) is 16.9 Å². The molecule has 0 amide bonds. The zero-order chi connectivity index (χ0) is 20.1. The summed E-state index contributed by atoms with van der Waals surface area (Å²) in [5.74, 6) is 0. The fourth-order valence-electron chi connectivity index (χ4n) is 2.88. The molecule has 0 bridgehead atoms. The summed E-state index contributed by atoms with van der Waals surface area (Å²) < 4.78 is 1.85. The second-order valence-corrected chi connectivity index (χ2v) is 6.89. The molecule has 0 aliphatic rings. The average Bonchev–Trinajstić information content (AvgIpc) is 3.17. The number of benzene rings is 3. The monoisotopic (exact) mass is 402 g/mol. The molecule has 0 fully saturated rings. The van der Waals surface area contributed by atoms with Crippen LogP contribution < -0.4 is 5.73 Å². The summed E-state index contributed by atoms with van der Waals surface area (Å²) >= 11 is 6.04. The summed E-state index contributed by atoms with van der Waals surface area (Å²) in [6.07, 6.45) is 1.61. The highest BCUT2D eigenvalue weighted by Gasteiger charge is 2.11. The van der Waals surface area contributed by atoms with Gasteiger partial charge in [0.1, 0.15) is 12.3 Å². The molecule has 1 aromatic heterocycles. The van der Waals surface area contributed by atoms with E-state index in [0.717, 1.165) is 22.5 Å². The normalized spacial score (nSPS) is 11.1. The molecule has 0 saturated carbocycles. The fraction of sp³-hybridized carbons (Fsp3) is 0.0435. The summed E-state index contributed by atoms with van der Waals surface area (Å²) in [5.41, 5.74) is 11.1. The lowest BCUT2D eigenvalue weighted by Crippen LogP contribution is -2.00. The summed E-state index contributed by atoms with van der Waals surface area (Å²) in [7, 11) is 0. The van der Waals surface area contributed by atoms with Gasteiger partial charge in [-0.05, 0) is 48.0 Å². The molecule has 6 heteroatoms. The second kappa shape index (κ2) is 8.63. The molecule has 0 spiro atoms. The quantitative estimate of drug-likeness (QED) is 0.269. The van der Waals surface area contributed by atoms with Crippen molar-refractivity contribution < 1.29 is 4.84 Å². The maximum absolute atomic E-state index is 6.04. The van der Waals surface area contributed by atoms with Crippen molar-refractivity contribution in [1.82, 2.24) is 9.78 Å². The van der Waals surface area contributed by atoms with Crippen molar-refractivity contribution in [2.75, 3.05) is 5.73 Å². The van der Waals surface area contributed by atoms with E-state index in [4.69, 9.17) is 22.2 Å². The van der Waals surface area contributed by atoms with E-state index in [-0.39, 0.29) is 0 Å². The van der Waals surface area contributed by atoms with E-state index >= 15 is 0 Å². The van der Waals surface area contributed by atoms with Gasteiger partial charge in [-0.2, -0.15) is 5.10 Å². The minimum atomic E-state index is 0.403. The predicted octanol–water partition coefficient (Wildman–Crippen LogP) is 5.33. The zero-order valence-electron chi connectivity index (χ0n) is 15.6. The Morgan fingerprint density at radius 2 is 1.69 bits per heavy atom. The summed E-state index contributed by atoms with van der Waals surface area (Å²) in [5, 5.41) is 9.42. The van der Waals surface area contributed by atoms with Gasteiger partial charge in [0.15, 0.2) is 0 Å². The van der Waals surface area contributed by atoms with Crippen molar-refractivity contribution in [2.24, 2.45) is 5.16 Å². The summed E-state index contributed by atoms with van der Waals surface area (Å²) in [6, 6.07) is 27.0. The van der Waals surface area contributed by atoms with Crippen LogP contribution in [0.4, 0.5) is 5.69 Å². The second-order valence-electron chi connectivity index (χ2n) is 6.46. The number of hydrogen-bond donors (Lipinski definition) is 1. The lowest BCUT2D eigenvalue weighted by Gasteiger charge is -2.08. The standard InChI is InChI=1S/C23H19ClN4O/c24-19-8-6-18(7-9-19)23-14-21(15-26-29-16-17-4-2-1-3-5-17)27-28(23)22-12-10-20(25)11-13-22/h1-15H,16,25H2/b26-15+. The van der Waals surface area contributed by atoms with Crippen LogP contribution in [0.5, 0.6) is 0 Å². The maximum atomic E-state index is 6.04. The number of halogens is 1. The van der Waals surface area contributed by atoms with Crippen LogP contribution in [0.2, 0.25) is 5.02 Å². The summed E-state index contributed by atoms with van der Waals surface area (Å²) in [4.78, 5) is 5.40. The smallest absolute Gasteiger partial charge is 0.142 e. The Labute approximate surface area is 174 Å². The number of nitrogen functional groups attached to an aromatic ring is 1. The van der Waals surface area contributed by atoms with E-state index in [1.165, 1.54) is 0 Å². The molecule has 4 aromatic rings. The largest absolute Gasteiger partial charge is 0.399 e. The molecule has 0 radical (unpaired) electrons. The lowest BCUT2D eigenvalue weighted by atomic mass is 10.1. The number of nitrogens with two attached hydrogens (primary N) is 1. The van der Waals surface area contributed by atoms with Gasteiger partial charge in [0.2, 0.25) is 0 Å². The molecule has 2 N–H and O–H groups in total. The minimum Gasteiger partial charge on any atom is -0.399 e. The molecular formula is C23H19ClN4O. The molecular weight excluding hydrogens is 384 g/mol. The Hall–Kier alpha value is -3.57. The lowest BCUT2D eigenvalue weighted by molar-refractivity contribution is 0.132. The number of anilines is 1. The van der Waals surface area contributed by atoms with Gasteiger partial charge in [-0.1, -0.05) is 59.2 Å². The van der Waals surface area contributed by atoms with Gasteiger partial charge in [-0.3, -0.25) is 0 Å². The van der Waals surface area contributed by atoms with Crippen molar-refractivity contribution in [2.45, 2.75) is 6.61 Å². The first kappa shape index (κ1) is 18.8. The fourth-order valence-corrected chi connectivity index (χ4v) is 3.00. The number of nitrogens with zero attached hydrogens (tertiary/aromatic N) is 3. The molecule has 1 heterocycles. The molecule has 144 valence electrons. The first-order chi connectivity index (χ1) is 14.2. The van der Waals surface area contributed by atoms with Crippen LogP contribution in [0.3, 0.4) is 0 Å². The molecule has 3 aromatic carbocycles. The van der Waals surface area contributed by atoms with Crippen molar-refractivity contribution in [1.29, 1.82) is 0 Å². The molecule has 29 heavy (non-hydrogen) atoms. The third-order valence-electron chi connectivity index (χ3n) is 4.34. The van der Waals surface area contributed by atoms with E-state index < -0.39 is 0 Å². The number of aromatic nitrogens is 2. The SMILES string of the molecule is Nc1ccc(-n2nc(/C=N/OCc3ccccc3)cc2-c2ccc(Cl)cc2)cc1. The zero-order valence-corrected chi connectivity index (χ0v) is 16.3. The third-order valence-corrected chi connectivity index (χ3v) is 4.59. The van der Waals surface area contributed by atoms with Crippen molar-refractivity contribution in [3.05, 3.63) is 101 Å². The Balaban J connectivity index is 1.61. The highest BCUT2D eigenvalue weighted by Crippen LogP contribution is 2.25. The highest BCUT2D eigenvalue weighted by molar-refractivity contribution is 6.30. The van der Waals surface area contributed by atoms with Gasteiger partial charge in [-0.25, -0.2) is 4.68 Å². The number of hydrogen-bond acceptors (Lipinski definition) is 4. The van der Waals surface area contributed by atoms with Crippen LogP contribution in [-0.4, -0.2) is 16.0 Å². The molecule has 0 atom stereocenters. The molecule has 0 unspecified atom stereocenters. The van der Waals surface area contributed by atoms with Crippen molar-refractivity contribution >= 4 is 23.5 Å². The maximum Gasteiger partial charge on any atom is 0.142 e. The number of rotatable bonds is 6. The molecule has 0 aliphatic carbocycles. The van der Waals surface area contributed by atoms with Gasteiger partial charge in [0.25, 0.3) is 0 Å². The van der Waals surface area contributed by atoms with E-state index in [1.807, 2.05) is 89.6 Å². The van der Waals surface area contributed by atoms with Gasteiger partial charge >= 0.3 is 0 Å². The Morgan fingerprint density at radius 1 is 0.966 bits per heavy atom. The predicted molar refractivity (Wildman–Crippen MR) is 117 cm³/mol. The van der Waals surface area contributed by atoms with E-state index in [9.17, 15) is 0 Å². The van der Waals surface area contributed by atoms with Gasteiger partial charge in [0.05, 0.1) is 17.6 Å². The van der Waals surface area contributed by atoms with Gasteiger partial charge < -0.3 is 10.6 Å². The van der Waals surface area contributed by atoms with Crippen molar-refractivity contribution in [3.63, 3.8) is 0 Å². The third kappa shape index (κ3) is 4.65. The average molecular weight is 403 g/mol. The molecule has 0 saturated heterocycles. The van der Waals surface area contributed by atoms with E-state index in [1.54, 1.807) is 6.21 Å². The molecule has 5 nitrogen and oxygen atoms in total.